The van der Waals surface area contributed by atoms with Crippen molar-refractivity contribution in [1.82, 2.24) is 4.90 Å². The van der Waals surface area contributed by atoms with Crippen LogP contribution in [-0.4, -0.2) is 29.6 Å². The van der Waals surface area contributed by atoms with Crippen LogP contribution in [-0.2, 0) is 6.42 Å². The third kappa shape index (κ3) is 3.33. The number of hydrogen-bond donors (Lipinski definition) is 1. The average Bonchev–Trinajstić information content (AvgIpc) is 2.40. The molecule has 2 atom stereocenters. The zero-order chi connectivity index (χ0) is 13.6. The summed E-state index contributed by atoms with van der Waals surface area (Å²) >= 11 is 0. The molecule has 0 fully saturated rings. The van der Waals surface area contributed by atoms with Gasteiger partial charge in [0.15, 0.2) is 0 Å². The molecule has 0 aromatic heterocycles. The van der Waals surface area contributed by atoms with Crippen LogP contribution >= 0.6 is 0 Å². The lowest BCUT2D eigenvalue weighted by molar-refractivity contribution is 0.0845. The van der Waals surface area contributed by atoms with Gasteiger partial charge in [0, 0.05) is 11.6 Å². The predicted octanol–water partition coefficient (Wildman–Crippen LogP) is 3.07. The monoisotopic (exact) mass is 248 g/mol. The van der Waals surface area contributed by atoms with Gasteiger partial charge >= 0.3 is 0 Å². The van der Waals surface area contributed by atoms with Crippen LogP contribution in [0.3, 0.4) is 0 Å². The molecule has 1 aromatic rings. The van der Waals surface area contributed by atoms with Gasteiger partial charge in [0.1, 0.15) is 0 Å². The SMILES string of the molecule is CCN(CC)C(C)(CC)C(N)Cc1ccccc1. The van der Waals surface area contributed by atoms with Crippen LogP contribution in [0, 0.1) is 0 Å². The molecule has 0 aliphatic heterocycles. The third-order valence-corrected chi connectivity index (χ3v) is 4.30. The Morgan fingerprint density at radius 1 is 1.11 bits per heavy atom. The van der Waals surface area contributed by atoms with Crippen molar-refractivity contribution in [2.75, 3.05) is 13.1 Å². The van der Waals surface area contributed by atoms with Crippen LogP contribution in [0.5, 0.6) is 0 Å². The van der Waals surface area contributed by atoms with Crippen LogP contribution in [0.25, 0.3) is 0 Å². The first-order valence-corrected chi connectivity index (χ1v) is 7.13. The molecule has 0 aliphatic rings. The molecule has 0 radical (unpaired) electrons. The molecule has 18 heavy (non-hydrogen) atoms. The van der Waals surface area contributed by atoms with Gasteiger partial charge in [-0.3, -0.25) is 4.90 Å². The molecule has 2 N–H and O–H groups in total. The van der Waals surface area contributed by atoms with E-state index in [1.165, 1.54) is 5.56 Å². The second-order valence-electron chi connectivity index (χ2n) is 5.18. The average molecular weight is 248 g/mol. The molecule has 102 valence electrons. The van der Waals surface area contributed by atoms with Crippen molar-refractivity contribution in [3.8, 4) is 0 Å². The second-order valence-corrected chi connectivity index (χ2v) is 5.18. The Morgan fingerprint density at radius 2 is 1.67 bits per heavy atom. The Balaban J connectivity index is 2.81. The first-order valence-electron chi connectivity index (χ1n) is 7.13. The van der Waals surface area contributed by atoms with E-state index in [4.69, 9.17) is 5.73 Å². The molecule has 0 saturated heterocycles. The van der Waals surface area contributed by atoms with Gasteiger partial charge in [-0.2, -0.15) is 0 Å². The van der Waals surface area contributed by atoms with Crippen molar-refractivity contribution in [3.63, 3.8) is 0 Å². The summed E-state index contributed by atoms with van der Waals surface area (Å²) in [5.74, 6) is 0. The predicted molar refractivity (Wildman–Crippen MR) is 79.7 cm³/mol. The fourth-order valence-electron chi connectivity index (χ4n) is 2.75. The molecule has 2 nitrogen and oxygen atoms in total. The first-order chi connectivity index (χ1) is 8.58. The second kappa shape index (κ2) is 6.91. The highest BCUT2D eigenvalue weighted by atomic mass is 15.2. The lowest BCUT2D eigenvalue weighted by Gasteiger charge is -2.44. The Bertz CT molecular complexity index is 332. The normalized spacial score (nSPS) is 16.6. The van der Waals surface area contributed by atoms with Gasteiger partial charge in [0.25, 0.3) is 0 Å². The summed E-state index contributed by atoms with van der Waals surface area (Å²) < 4.78 is 0. The summed E-state index contributed by atoms with van der Waals surface area (Å²) in [6.07, 6.45) is 2.03. The van der Waals surface area contributed by atoms with Crippen molar-refractivity contribution >= 4 is 0 Å². The highest BCUT2D eigenvalue weighted by Gasteiger charge is 2.34. The Hall–Kier alpha value is -0.860. The summed E-state index contributed by atoms with van der Waals surface area (Å²) in [4.78, 5) is 2.49. The van der Waals surface area contributed by atoms with Gasteiger partial charge in [-0.05, 0) is 38.4 Å². The fraction of sp³-hybridized carbons (Fsp3) is 0.625. The maximum absolute atomic E-state index is 6.51. The molecule has 1 aromatic carbocycles. The standard InChI is InChI=1S/C16H28N2/c1-5-16(4,18(6-2)7-3)15(17)13-14-11-9-8-10-12-14/h8-12,15H,5-7,13,17H2,1-4H3. The molecule has 0 spiro atoms. The molecule has 2 unspecified atom stereocenters. The van der Waals surface area contributed by atoms with Crippen molar-refractivity contribution in [3.05, 3.63) is 35.9 Å². The number of hydrogen-bond acceptors (Lipinski definition) is 2. The minimum Gasteiger partial charge on any atom is -0.326 e. The number of rotatable bonds is 7. The van der Waals surface area contributed by atoms with Gasteiger partial charge in [0.2, 0.25) is 0 Å². The minimum absolute atomic E-state index is 0.0827. The minimum atomic E-state index is 0.0827. The van der Waals surface area contributed by atoms with E-state index in [-0.39, 0.29) is 11.6 Å². The van der Waals surface area contributed by atoms with Gasteiger partial charge in [0.05, 0.1) is 0 Å². The summed E-state index contributed by atoms with van der Waals surface area (Å²) in [6.45, 7) is 11.1. The number of nitrogens with zero attached hydrogens (tertiary/aromatic N) is 1. The molecule has 1 rings (SSSR count). The van der Waals surface area contributed by atoms with E-state index in [9.17, 15) is 0 Å². The van der Waals surface area contributed by atoms with Crippen molar-refractivity contribution in [1.29, 1.82) is 0 Å². The van der Waals surface area contributed by atoms with Gasteiger partial charge in [-0.15, -0.1) is 0 Å². The van der Waals surface area contributed by atoms with Crippen molar-refractivity contribution in [2.45, 2.75) is 52.1 Å². The first kappa shape index (κ1) is 15.2. The highest BCUT2D eigenvalue weighted by Crippen LogP contribution is 2.24. The Labute approximate surface area is 112 Å². The lowest BCUT2D eigenvalue weighted by Crippen LogP contribution is -2.58. The summed E-state index contributed by atoms with van der Waals surface area (Å²) in [5.41, 5.74) is 7.92. The van der Waals surface area contributed by atoms with E-state index in [0.717, 1.165) is 25.9 Å². The number of likely N-dealkylation sites (N-methyl/N-ethyl adjacent to an activating group) is 1. The van der Waals surface area contributed by atoms with Crippen molar-refractivity contribution < 1.29 is 0 Å². The smallest absolute Gasteiger partial charge is 0.0332 e. The van der Waals surface area contributed by atoms with Gasteiger partial charge < -0.3 is 5.73 Å². The summed E-state index contributed by atoms with van der Waals surface area (Å²) in [7, 11) is 0. The Morgan fingerprint density at radius 3 is 2.11 bits per heavy atom. The molecular formula is C16H28N2. The van der Waals surface area contributed by atoms with E-state index in [2.05, 4.69) is 62.9 Å². The van der Waals surface area contributed by atoms with Crippen molar-refractivity contribution in [2.24, 2.45) is 5.73 Å². The van der Waals surface area contributed by atoms with Crippen LogP contribution in [0.15, 0.2) is 30.3 Å². The topological polar surface area (TPSA) is 29.3 Å². The molecule has 0 heterocycles. The molecule has 0 amide bonds. The molecule has 2 heteroatoms. The summed E-state index contributed by atoms with van der Waals surface area (Å²) in [6, 6.07) is 10.7. The van der Waals surface area contributed by atoms with Gasteiger partial charge in [-0.25, -0.2) is 0 Å². The van der Waals surface area contributed by atoms with Gasteiger partial charge in [-0.1, -0.05) is 51.1 Å². The van der Waals surface area contributed by atoms with Crippen LogP contribution in [0.4, 0.5) is 0 Å². The van der Waals surface area contributed by atoms with E-state index < -0.39 is 0 Å². The van der Waals surface area contributed by atoms with E-state index in [1.54, 1.807) is 0 Å². The van der Waals surface area contributed by atoms with Crippen LogP contribution < -0.4 is 5.73 Å². The zero-order valence-corrected chi connectivity index (χ0v) is 12.3. The number of nitrogens with two attached hydrogens (primary N) is 1. The highest BCUT2D eigenvalue weighted by molar-refractivity contribution is 5.17. The maximum atomic E-state index is 6.51. The zero-order valence-electron chi connectivity index (χ0n) is 12.3. The van der Waals surface area contributed by atoms with E-state index in [0.29, 0.717) is 0 Å². The fourth-order valence-corrected chi connectivity index (χ4v) is 2.75. The maximum Gasteiger partial charge on any atom is 0.0332 e. The van der Waals surface area contributed by atoms with E-state index in [1.807, 2.05) is 0 Å². The number of benzene rings is 1. The third-order valence-electron chi connectivity index (χ3n) is 4.30. The molecule has 0 aliphatic carbocycles. The largest absolute Gasteiger partial charge is 0.326 e. The molecular weight excluding hydrogens is 220 g/mol. The van der Waals surface area contributed by atoms with E-state index >= 15 is 0 Å². The Kier molecular flexibility index (Phi) is 5.83. The quantitative estimate of drug-likeness (QED) is 0.803. The molecule has 0 saturated carbocycles. The van der Waals surface area contributed by atoms with Crippen LogP contribution in [0.1, 0.15) is 39.7 Å². The summed E-state index contributed by atoms with van der Waals surface area (Å²) in [5, 5.41) is 0. The lowest BCUT2D eigenvalue weighted by atomic mass is 9.84. The van der Waals surface area contributed by atoms with Crippen LogP contribution in [0.2, 0.25) is 0 Å². The molecule has 0 bridgehead atoms.